The van der Waals surface area contributed by atoms with Gasteiger partial charge in [0.05, 0.1) is 5.52 Å². The van der Waals surface area contributed by atoms with Crippen LogP contribution in [-0.4, -0.2) is 20.6 Å². The molecule has 82 valence electrons. The largest absolute Gasteiger partial charge is 0.478 e. The molecule has 2 aromatic rings. The summed E-state index contributed by atoms with van der Waals surface area (Å²) in [6, 6.07) is 5.75. The van der Waals surface area contributed by atoms with E-state index in [-0.39, 0.29) is 0 Å². The van der Waals surface area contributed by atoms with Gasteiger partial charge in [0.2, 0.25) is 0 Å². The number of halogens is 1. The average molecular weight is 281 g/mol. The van der Waals surface area contributed by atoms with Crippen LogP contribution in [0.4, 0.5) is 0 Å². The fourth-order valence-electron chi connectivity index (χ4n) is 1.49. The minimum absolute atomic E-state index is 0.615. The lowest BCUT2D eigenvalue weighted by molar-refractivity contribution is -0.131. The number of aryl methyl sites for hydroxylation is 1. The number of fused-ring (bicyclic) bond motifs is 1. The zero-order chi connectivity index (χ0) is 11.7. The first-order chi connectivity index (χ1) is 7.59. The van der Waals surface area contributed by atoms with Crippen LogP contribution in [0.5, 0.6) is 0 Å². The van der Waals surface area contributed by atoms with Crippen LogP contribution in [-0.2, 0) is 11.8 Å². The maximum absolute atomic E-state index is 10.4. The van der Waals surface area contributed by atoms with E-state index in [1.165, 1.54) is 6.08 Å². The first-order valence-corrected chi connectivity index (χ1v) is 5.41. The lowest BCUT2D eigenvalue weighted by Gasteiger charge is -1.96. The van der Waals surface area contributed by atoms with Crippen LogP contribution in [0.15, 0.2) is 28.7 Å². The van der Waals surface area contributed by atoms with Gasteiger partial charge < -0.3 is 9.67 Å². The number of carboxylic acids is 1. The number of aliphatic carboxylic acids is 1. The highest BCUT2D eigenvalue weighted by molar-refractivity contribution is 9.10. The van der Waals surface area contributed by atoms with Crippen molar-refractivity contribution in [3.8, 4) is 0 Å². The molecule has 0 aliphatic rings. The minimum atomic E-state index is -0.980. The number of nitrogens with zero attached hydrogens (tertiary/aromatic N) is 2. The van der Waals surface area contributed by atoms with Gasteiger partial charge in [-0.25, -0.2) is 9.78 Å². The fourth-order valence-corrected chi connectivity index (χ4v) is 1.94. The molecule has 0 unspecified atom stereocenters. The maximum atomic E-state index is 10.4. The van der Waals surface area contributed by atoms with Gasteiger partial charge in [0, 0.05) is 17.6 Å². The van der Waals surface area contributed by atoms with Gasteiger partial charge in [-0.15, -0.1) is 0 Å². The van der Waals surface area contributed by atoms with Gasteiger partial charge in [-0.3, -0.25) is 0 Å². The molecule has 0 fully saturated rings. The summed E-state index contributed by atoms with van der Waals surface area (Å²) in [6.07, 6.45) is 2.56. The molecule has 1 N–H and O–H groups in total. The standard InChI is InChI=1S/C11H9BrN2O2/c1-14-8-4-2-3-7(12)11(8)13-9(14)5-6-10(15)16/h2-6H,1H3,(H,15,16)/b6-5+. The molecule has 2 rings (SSSR count). The molecule has 0 bridgehead atoms. The number of para-hydroxylation sites is 1. The van der Waals surface area contributed by atoms with E-state index in [9.17, 15) is 4.79 Å². The molecule has 16 heavy (non-hydrogen) atoms. The van der Waals surface area contributed by atoms with Crippen LogP contribution >= 0.6 is 15.9 Å². The lowest BCUT2D eigenvalue weighted by atomic mass is 10.3. The Labute approximate surface area is 100 Å². The number of carbonyl (C=O) groups is 1. The van der Waals surface area contributed by atoms with Gasteiger partial charge in [0.25, 0.3) is 0 Å². The summed E-state index contributed by atoms with van der Waals surface area (Å²) in [4.78, 5) is 14.8. The van der Waals surface area contributed by atoms with Gasteiger partial charge in [-0.1, -0.05) is 6.07 Å². The first-order valence-electron chi connectivity index (χ1n) is 4.61. The average Bonchev–Trinajstić information content (AvgIpc) is 2.55. The highest BCUT2D eigenvalue weighted by Crippen LogP contribution is 2.23. The number of rotatable bonds is 2. The molecule has 0 spiro atoms. The molecule has 0 saturated carbocycles. The van der Waals surface area contributed by atoms with Crippen molar-refractivity contribution in [1.29, 1.82) is 0 Å². The van der Waals surface area contributed by atoms with Crippen molar-refractivity contribution in [3.63, 3.8) is 0 Å². The van der Waals surface area contributed by atoms with Crippen molar-refractivity contribution >= 4 is 39.0 Å². The van der Waals surface area contributed by atoms with Crippen molar-refractivity contribution in [2.75, 3.05) is 0 Å². The van der Waals surface area contributed by atoms with Gasteiger partial charge >= 0.3 is 5.97 Å². The third kappa shape index (κ3) is 1.86. The second kappa shape index (κ2) is 4.09. The number of hydrogen-bond acceptors (Lipinski definition) is 2. The van der Waals surface area contributed by atoms with E-state index in [1.807, 2.05) is 29.8 Å². The van der Waals surface area contributed by atoms with E-state index in [0.717, 1.165) is 21.6 Å². The van der Waals surface area contributed by atoms with Gasteiger partial charge in [-0.2, -0.15) is 0 Å². The Morgan fingerprint density at radius 1 is 1.56 bits per heavy atom. The van der Waals surface area contributed by atoms with Crippen molar-refractivity contribution in [2.24, 2.45) is 7.05 Å². The molecule has 0 aliphatic carbocycles. The SMILES string of the molecule is Cn1c(/C=C/C(=O)O)nc2c(Br)cccc21. The summed E-state index contributed by atoms with van der Waals surface area (Å²) >= 11 is 3.41. The second-order valence-corrected chi connectivity index (χ2v) is 4.16. The Balaban J connectivity index is 2.60. The summed E-state index contributed by atoms with van der Waals surface area (Å²) in [7, 11) is 1.85. The summed E-state index contributed by atoms with van der Waals surface area (Å²) in [5.74, 6) is -0.365. The topological polar surface area (TPSA) is 55.1 Å². The Morgan fingerprint density at radius 3 is 2.94 bits per heavy atom. The zero-order valence-electron chi connectivity index (χ0n) is 8.51. The Hall–Kier alpha value is -1.62. The van der Waals surface area contributed by atoms with Crippen LogP contribution in [0.2, 0.25) is 0 Å². The Kier molecular flexibility index (Phi) is 2.78. The molecular formula is C11H9BrN2O2. The predicted octanol–water partition coefficient (Wildman–Crippen LogP) is 2.43. The number of aromatic nitrogens is 2. The van der Waals surface area contributed by atoms with Crippen molar-refractivity contribution in [3.05, 3.63) is 34.6 Å². The van der Waals surface area contributed by atoms with Crippen LogP contribution in [0, 0.1) is 0 Å². The predicted molar refractivity (Wildman–Crippen MR) is 65.1 cm³/mol. The van der Waals surface area contributed by atoms with Crippen LogP contribution in [0.25, 0.3) is 17.1 Å². The smallest absolute Gasteiger partial charge is 0.328 e. The van der Waals surface area contributed by atoms with Crippen molar-refractivity contribution < 1.29 is 9.90 Å². The van der Waals surface area contributed by atoms with Crippen LogP contribution < -0.4 is 0 Å². The molecule has 0 radical (unpaired) electrons. The molecule has 1 aromatic heterocycles. The maximum Gasteiger partial charge on any atom is 0.328 e. The van der Waals surface area contributed by atoms with E-state index in [2.05, 4.69) is 20.9 Å². The summed E-state index contributed by atoms with van der Waals surface area (Å²) in [6.45, 7) is 0. The Bertz CT molecular complexity index is 587. The second-order valence-electron chi connectivity index (χ2n) is 3.31. The summed E-state index contributed by atoms with van der Waals surface area (Å²) in [5, 5.41) is 8.56. The minimum Gasteiger partial charge on any atom is -0.478 e. The van der Waals surface area contributed by atoms with E-state index in [4.69, 9.17) is 5.11 Å². The summed E-state index contributed by atoms with van der Waals surface area (Å²) in [5.41, 5.74) is 1.79. The summed E-state index contributed by atoms with van der Waals surface area (Å²) < 4.78 is 2.75. The molecule has 4 nitrogen and oxygen atoms in total. The number of carboxylic acid groups (broad SMARTS) is 1. The van der Waals surface area contributed by atoms with Gasteiger partial charge in [-0.05, 0) is 34.1 Å². The van der Waals surface area contributed by atoms with Gasteiger partial charge in [0.1, 0.15) is 11.3 Å². The third-order valence-corrected chi connectivity index (χ3v) is 2.91. The van der Waals surface area contributed by atoms with Gasteiger partial charge in [0.15, 0.2) is 0 Å². The number of hydrogen-bond donors (Lipinski definition) is 1. The number of imidazole rings is 1. The zero-order valence-corrected chi connectivity index (χ0v) is 10.1. The normalized spacial score (nSPS) is 11.4. The Morgan fingerprint density at radius 2 is 2.31 bits per heavy atom. The van der Waals surface area contributed by atoms with E-state index in [1.54, 1.807) is 0 Å². The monoisotopic (exact) mass is 280 g/mol. The molecule has 0 amide bonds. The quantitative estimate of drug-likeness (QED) is 0.860. The highest BCUT2D eigenvalue weighted by atomic mass is 79.9. The van der Waals surface area contributed by atoms with Crippen LogP contribution in [0.3, 0.4) is 0 Å². The molecule has 0 saturated heterocycles. The number of benzene rings is 1. The fraction of sp³-hybridized carbons (Fsp3) is 0.0909. The van der Waals surface area contributed by atoms with E-state index >= 15 is 0 Å². The first kappa shape index (κ1) is 10.9. The molecule has 1 heterocycles. The van der Waals surface area contributed by atoms with Crippen molar-refractivity contribution in [2.45, 2.75) is 0 Å². The highest BCUT2D eigenvalue weighted by Gasteiger charge is 2.07. The molecule has 5 heteroatoms. The van der Waals surface area contributed by atoms with E-state index in [0.29, 0.717) is 5.82 Å². The molecule has 0 aliphatic heterocycles. The third-order valence-electron chi connectivity index (χ3n) is 2.27. The lowest BCUT2D eigenvalue weighted by Crippen LogP contribution is -1.92. The molecule has 0 atom stereocenters. The van der Waals surface area contributed by atoms with Crippen LogP contribution in [0.1, 0.15) is 5.82 Å². The van der Waals surface area contributed by atoms with E-state index < -0.39 is 5.97 Å². The molecule has 1 aromatic carbocycles. The molecular weight excluding hydrogens is 272 g/mol. The van der Waals surface area contributed by atoms with Crippen molar-refractivity contribution in [1.82, 2.24) is 9.55 Å².